The number of hydrogen-bond acceptors (Lipinski definition) is 7. The lowest BCUT2D eigenvalue weighted by atomic mass is 9.33. The predicted octanol–water partition coefficient (Wildman–Crippen LogP) is 8.67. The molecule has 2 heterocycles. The van der Waals surface area contributed by atoms with Gasteiger partial charge in [0.25, 0.3) is 0 Å². The van der Waals surface area contributed by atoms with Gasteiger partial charge in [0, 0.05) is 16.4 Å². The number of nitrogens with zero attached hydrogens (tertiary/aromatic N) is 3. The molecule has 9 heteroatoms. The van der Waals surface area contributed by atoms with Crippen molar-refractivity contribution in [3.05, 3.63) is 18.0 Å². The second-order valence-electron chi connectivity index (χ2n) is 19.3. The Balaban J connectivity index is 1.49. The summed E-state index contributed by atoms with van der Waals surface area (Å²) in [6, 6.07) is -0.0313. The fourth-order valence-electron chi connectivity index (χ4n) is 12.6. The van der Waals surface area contributed by atoms with Crippen LogP contribution in [0.4, 0.5) is 0 Å². The molecule has 0 spiro atoms. The molecule has 282 valence electrons. The quantitative estimate of drug-likeness (QED) is 0.183. The second-order valence-corrected chi connectivity index (χ2v) is 20.5. The molecule has 1 saturated heterocycles. The minimum absolute atomic E-state index is 0.0253. The van der Waals surface area contributed by atoms with Crippen molar-refractivity contribution in [3.8, 4) is 0 Å². The summed E-state index contributed by atoms with van der Waals surface area (Å²) in [5.41, 5.74) is 6.71. The SMILES string of the molecule is CCSc1ncnn1[C@@H]1C[C@]23C4=CC[C@@]5(C)[C@H](C(=O)O)[C@@](C)([C@H](C)C(C)C)CC[C@]5(C)[C@H]4CC[C@H]2[C@@](C)(CO[C@H]3C)[C@H]1OC[C@](C)(N)C(C)C. The van der Waals surface area contributed by atoms with E-state index in [0.29, 0.717) is 36.9 Å². The zero-order valence-electron chi connectivity index (χ0n) is 33.2. The molecule has 2 bridgehead atoms. The smallest absolute Gasteiger partial charge is 0.307 e. The number of thioether (sulfide) groups is 1. The van der Waals surface area contributed by atoms with Crippen LogP contribution >= 0.6 is 11.8 Å². The number of allylic oxidation sites excluding steroid dienone is 1. The molecular weight excluding hydrogens is 645 g/mol. The Kier molecular flexibility index (Phi) is 9.86. The fraction of sp³-hybridized carbons (Fsp3) is 0.878. The zero-order valence-corrected chi connectivity index (χ0v) is 34.0. The zero-order chi connectivity index (χ0) is 36.8. The lowest BCUT2D eigenvalue weighted by Gasteiger charge is -2.72. The second kappa shape index (κ2) is 12.9. The van der Waals surface area contributed by atoms with Crippen molar-refractivity contribution in [3.63, 3.8) is 0 Å². The number of aromatic nitrogens is 3. The highest BCUT2D eigenvalue weighted by atomic mass is 32.2. The molecule has 8 nitrogen and oxygen atoms in total. The third-order valence-electron chi connectivity index (χ3n) is 16.6. The van der Waals surface area contributed by atoms with Crippen molar-refractivity contribution >= 4 is 17.7 Å². The number of carbonyl (C=O) groups is 1. The van der Waals surface area contributed by atoms with E-state index in [2.05, 4.69) is 93.8 Å². The van der Waals surface area contributed by atoms with E-state index in [1.807, 2.05) is 0 Å². The van der Waals surface area contributed by atoms with Crippen molar-refractivity contribution in [1.29, 1.82) is 0 Å². The van der Waals surface area contributed by atoms with Gasteiger partial charge in [-0.05, 0) is 104 Å². The molecule has 3 N–H and O–H groups in total. The van der Waals surface area contributed by atoms with E-state index < -0.39 is 17.4 Å². The van der Waals surface area contributed by atoms with Gasteiger partial charge in [-0.2, -0.15) is 5.10 Å². The molecule has 50 heavy (non-hydrogen) atoms. The number of fused-ring (bicyclic) bond motifs is 3. The van der Waals surface area contributed by atoms with Gasteiger partial charge < -0.3 is 20.3 Å². The van der Waals surface area contributed by atoms with Crippen LogP contribution in [0.3, 0.4) is 0 Å². The van der Waals surface area contributed by atoms with Crippen LogP contribution in [0.25, 0.3) is 0 Å². The van der Waals surface area contributed by atoms with Crippen LogP contribution in [0, 0.1) is 62.6 Å². The molecule has 0 aromatic carbocycles. The summed E-state index contributed by atoms with van der Waals surface area (Å²) >= 11 is 1.74. The van der Waals surface area contributed by atoms with Crippen LogP contribution in [-0.2, 0) is 14.3 Å². The molecule has 4 fully saturated rings. The summed E-state index contributed by atoms with van der Waals surface area (Å²) in [5.74, 6) is 1.58. The number of nitrogens with two attached hydrogens (primary N) is 1. The highest BCUT2D eigenvalue weighted by Crippen LogP contribution is 2.76. The van der Waals surface area contributed by atoms with Crippen LogP contribution in [0.15, 0.2) is 23.1 Å². The van der Waals surface area contributed by atoms with Gasteiger partial charge in [-0.25, -0.2) is 9.67 Å². The maximum atomic E-state index is 13.5. The van der Waals surface area contributed by atoms with E-state index in [4.69, 9.17) is 25.3 Å². The molecule has 0 amide bonds. The van der Waals surface area contributed by atoms with E-state index in [1.54, 1.807) is 18.1 Å². The van der Waals surface area contributed by atoms with Gasteiger partial charge in [0.15, 0.2) is 5.16 Å². The summed E-state index contributed by atoms with van der Waals surface area (Å²) in [5, 5.41) is 17.0. The van der Waals surface area contributed by atoms with Crippen LogP contribution in [0.2, 0.25) is 0 Å². The number of aliphatic carboxylic acids is 1. The van der Waals surface area contributed by atoms with Crippen molar-refractivity contribution in [2.75, 3.05) is 19.0 Å². The van der Waals surface area contributed by atoms with Gasteiger partial charge in [0.2, 0.25) is 0 Å². The fourth-order valence-corrected chi connectivity index (χ4v) is 13.3. The molecule has 5 aliphatic rings. The minimum atomic E-state index is -0.614. The predicted molar refractivity (Wildman–Crippen MR) is 201 cm³/mol. The first-order chi connectivity index (χ1) is 23.3. The Morgan fingerprint density at radius 1 is 1.16 bits per heavy atom. The summed E-state index contributed by atoms with van der Waals surface area (Å²) in [6.45, 7) is 28.4. The van der Waals surface area contributed by atoms with Crippen molar-refractivity contribution in [1.82, 2.24) is 14.8 Å². The lowest BCUT2D eigenvalue weighted by Crippen LogP contribution is -2.71. The normalized spacial score (nSPS) is 44.5. The summed E-state index contributed by atoms with van der Waals surface area (Å²) < 4.78 is 16.3. The number of rotatable bonds is 10. The molecule has 0 unspecified atom stereocenters. The van der Waals surface area contributed by atoms with E-state index in [-0.39, 0.29) is 51.2 Å². The highest BCUT2D eigenvalue weighted by Gasteiger charge is 2.73. The molecule has 3 saturated carbocycles. The minimum Gasteiger partial charge on any atom is -0.481 e. The van der Waals surface area contributed by atoms with Gasteiger partial charge in [-0.3, -0.25) is 4.79 Å². The topological polar surface area (TPSA) is 112 Å². The van der Waals surface area contributed by atoms with Gasteiger partial charge in [0.05, 0.1) is 37.4 Å². The Labute approximate surface area is 306 Å². The third-order valence-corrected chi connectivity index (χ3v) is 17.4. The van der Waals surface area contributed by atoms with Crippen molar-refractivity contribution < 1.29 is 19.4 Å². The van der Waals surface area contributed by atoms with E-state index in [9.17, 15) is 9.90 Å². The van der Waals surface area contributed by atoms with E-state index in [0.717, 1.165) is 49.4 Å². The first-order valence-corrected chi connectivity index (χ1v) is 20.7. The molecule has 13 atom stereocenters. The van der Waals surface area contributed by atoms with Crippen LogP contribution < -0.4 is 5.73 Å². The maximum Gasteiger partial charge on any atom is 0.307 e. The number of ether oxygens (including phenoxy) is 2. The van der Waals surface area contributed by atoms with Crippen molar-refractivity contribution in [2.45, 2.75) is 151 Å². The summed E-state index contributed by atoms with van der Waals surface area (Å²) in [6.07, 6.45) is 9.94. The Morgan fingerprint density at radius 2 is 1.86 bits per heavy atom. The first kappa shape index (κ1) is 38.3. The number of carboxylic acids is 1. The highest BCUT2D eigenvalue weighted by molar-refractivity contribution is 7.99. The summed E-state index contributed by atoms with van der Waals surface area (Å²) in [7, 11) is 0. The molecule has 1 aromatic rings. The Hall–Kier alpha value is -1.42. The molecule has 1 aromatic heterocycles. The third kappa shape index (κ3) is 5.26. The van der Waals surface area contributed by atoms with Crippen molar-refractivity contribution in [2.24, 2.45) is 68.3 Å². The first-order valence-electron chi connectivity index (χ1n) is 19.7. The van der Waals surface area contributed by atoms with Crippen LogP contribution in [0.1, 0.15) is 128 Å². The van der Waals surface area contributed by atoms with Crippen LogP contribution in [-0.4, -0.2) is 62.6 Å². The lowest BCUT2D eigenvalue weighted by molar-refractivity contribution is -0.274. The van der Waals surface area contributed by atoms with Gasteiger partial charge in [0.1, 0.15) is 6.33 Å². The van der Waals surface area contributed by atoms with E-state index in [1.165, 1.54) is 5.57 Å². The largest absolute Gasteiger partial charge is 0.481 e. The molecule has 6 rings (SSSR count). The molecular formula is C41H68N4O4S. The number of carboxylic acid groups (broad SMARTS) is 1. The monoisotopic (exact) mass is 712 g/mol. The van der Waals surface area contributed by atoms with E-state index >= 15 is 0 Å². The average molecular weight is 713 g/mol. The summed E-state index contributed by atoms with van der Waals surface area (Å²) in [4.78, 5) is 18.3. The maximum absolute atomic E-state index is 13.5. The Morgan fingerprint density at radius 3 is 2.48 bits per heavy atom. The van der Waals surface area contributed by atoms with Crippen LogP contribution in [0.5, 0.6) is 0 Å². The molecule has 1 aliphatic heterocycles. The standard InChI is InChI=1S/C41H68N4O4S/c1-13-50-35-43-23-44-45(35)30-20-41-27(7)48-21-37(9,33(30)49-22-40(12,42)25(4)5)31(41)15-14-28-29(41)16-17-39(11)32(34(46)47)36(8,26(6)24(2)3)18-19-38(28,39)10/h16,23-28,30-33H,13-15,17-22,42H2,1-12H3,(H,46,47)/t26-,27+,28+,30-,31+,32-,33+,36-,37-,38-,39+,40+,41+/m1/s1. The van der Waals surface area contributed by atoms with Gasteiger partial charge in [-0.1, -0.05) is 92.6 Å². The number of hydrogen-bond donors (Lipinski definition) is 2. The molecule has 0 radical (unpaired) electrons. The average Bonchev–Trinajstić information content (AvgIpc) is 3.50. The van der Waals surface area contributed by atoms with Gasteiger partial charge >= 0.3 is 5.97 Å². The van der Waals surface area contributed by atoms with Gasteiger partial charge in [-0.15, -0.1) is 0 Å². The Bertz CT molecular complexity index is 1480. The molecule has 4 aliphatic carbocycles.